The number of amides is 1. The molecule has 0 spiro atoms. The van der Waals surface area contributed by atoms with Crippen molar-refractivity contribution in [1.29, 1.82) is 0 Å². The van der Waals surface area contributed by atoms with Crippen molar-refractivity contribution in [2.75, 3.05) is 5.32 Å². The van der Waals surface area contributed by atoms with Gasteiger partial charge in [-0.15, -0.1) is 0 Å². The summed E-state index contributed by atoms with van der Waals surface area (Å²) in [5.74, 6) is 0.366. The zero-order valence-electron chi connectivity index (χ0n) is 16.2. The van der Waals surface area contributed by atoms with E-state index in [2.05, 4.69) is 27.9 Å². The maximum atomic E-state index is 12.7. The fraction of sp³-hybridized carbons (Fsp3) is 0.261. The third-order valence-electron chi connectivity index (χ3n) is 5.35. The van der Waals surface area contributed by atoms with Crippen LogP contribution in [0.15, 0.2) is 66.9 Å². The first-order valence-electron chi connectivity index (χ1n) is 10.0. The van der Waals surface area contributed by atoms with Crippen LogP contribution in [-0.4, -0.2) is 20.8 Å². The lowest BCUT2D eigenvalue weighted by Crippen LogP contribution is -2.35. The molecule has 6 heteroatoms. The number of thiocarbonyl (C=S) groups is 1. The predicted molar refractivity (Wildman–Crippen MR) is 120 cm³/mol. The van der Waals surface area contributed by atoms with E-state index in [9.17, 15) is 4.79 Å². The van der Waals surface area contributed by atoms with Gasteiger partial charge in [0.25, 0.3) is 5.91 Å². The molecule has 1 fully saturated rings. The van der Waals surface area contributed by atoms with E-state index in [-0.39, 0.29) is 11.0 Å². The largest absolute Gasteiger partial charge is 0.332 e. The maximum absolute atomic E-state index is 12.7. The second-order valence-electron chi connectivity index (χ2n) is 7.33. The minimum Gasteiger partial charge on any atom is -0.332 e. The fourth-order valence-corrected chi connectivity index (χ4v) is 4.06. The Morgan fingerprint density at radius 1 is 0.966 bits per heavy atom. The van der Waals surface area contributed by atoms with Gasteiger partial charge in [-0.05, 0) is 66.9 Å². The summed E-state index contributed by atoms with van der Waals surface area (Å²) < 4.78 is 1.59. The molecule has 1 heterocycles. The summed E-state index contributed by atoms with van der Waals surface area (Å²) in [7, 11) is 0. The number of nitrogens with zero attached hydrogens (tertiary/aromatic N) is 2. The van der Waals surface area contributed by atoms with Gasteiger partial charge < -0.3 is 5.32 Å². The quantitative estimate of drug-likeness (QED) is 0.598. The van der Waals surface area contributed by atoms with Gasteiger partial charge in [-0.1, -0.05) is 49.6 Å². The zero-order valence-corrected chi connectivity index (χ0v) is 17.0. The Morgan fingerprint density at radius 3 is 2.41 bits per heavy atom. The maximum Gasteiger partial charge on any atom is 0.276 e. The molecular formula is C23H24N4OS. The van der Waals surface area contributed by atoms with Gasteiger partial charge >= 0.3 is 0 Å². The van der Waals surface area contributed by atoms with Crippen LogP contribution >= 0.6 is 12.2 Å². The number of carbonyl (C=O) groups is 1. The van der Waals surface area contributed by atoms with Gasteiger partial charge in [0.05, 0.1) is 11.9 Å². The molecular weight excluding hydrogens is 380 g/mol. The molecule has 0 unspecified atom stereocenters. The third-order valence-corrected chi connectivity index (χ3v) is 5.55. The highest BCUT2D eigenvalue weighted by Crippen LogP contribution is 2.32. The lowest BCUT2D eigenvalue weighted by molar-refractivity contribution is 0.0970. The van der Waals surface area contributed by atoms with Gasteiger partial charge in [-0.2, -0.15) is 5.10 Å². The highest BCUT2D eigenvalue weighted by atomic mass is 32.1. The van der Waals surface area contributed by atoms with Gasteiger partial charge in [0.2, 0.25) is 0 Å². The number of hydrogen-bond acceptors (Lipinski definition) is 3. The van der Waals surface area contributed by atoms with Crippen LogP contribution in [0, 0.1) is 0 Å². The monoisotopic (exact) mass is 404 g/mol. The second kappa shape index (κ2) is 9.01. The van der Waals surface area contributed by atoms with Crippen LogP contribution in [0.1, 0.15) is 54.1 Å². The Morgan fingerprint density at radius 2 is 1.69 bits per heavy atom. The Kier molecular flexibility index (Phi) is 6.00. The van der Waals surface area contributed by atoms with Crippen molar-refractivity contribution in [2.24, 2.45) is 0 Å². The summed E-state index contributed by atoms with van der Waals surface area (Å²) in [6.07, 6.45) is 8.14. The highest BCUT2D eigenvalue weighted by molar-refractivity contribution is 7.80. The molecule has 1 aromatic heterocycles. The van der Waals surface area contributed by atoms with Crippen molar-refractivity contribution in [1.82, 2.24) is 15.1 Å². The molecule has 4 rings (SSSR count). The molecule has 1 saturated carbocycles. The van der Waals surface area contributed by atoms with Gasteiger partial charge in [0.1, 0.15) is 5.69 Å². The van der Waals surface area contributed by atoms with E-state index in [1.807, 2.05) is 42.5 Å². The summed E-state index contributed by atoms with van der Waals surface area (Å²) in [5.41, 5.74) is 3.50. The minimum atomic E-state index is -0.303. The Balaban J connectivity index is 1.38. The third kappa shape index (κ3) is 4.71. The number of nitrogens with one attached hydrogen (secondary N) is 2. The lowest BCUT2D eigenvalue weighted by atomic mass is 9.84. The van der Waals surface area contributed by atoms with Crippen LogP contribution in [0.5, 0.6) is 0 Å². The van der Waals surface area contributed by atoms with Crippen LogP contribution in [0.2, 0.25) is 0 Å². The van der Waals surface area contributed by atoms with Crippen molar-refractivity contribution in [2.45, 2.75) is 38.0 Å². The van der Waals surface area contributed by atoms with Gasteiger partial charge in [-0.25, -0.2) is 4.68 Å². The smallest absolute Gasteiger partial charge is 0.276 e. The molecule has 2 N–H and O–H groups in total. The standard InChI is InChI=1S/C23H24N4OS/c28-22(21-15-16-24-27(21)20-9-5-2-6-10-20)26-23(29)25-19-13-11-18(12-14-19)17-7-3-1-4-8-17/h2,5-6,9-17H,1,3-4,7-8H2,(H2,25,26,28,29). The minimum absolute atomic E-state index is 0.265. The number of aromatic nitrogens is 2. The van der Waals surface area contributed by atoms with E-state index in [4.69, 9.17) is 12.2 Å². The summed E-state index contributed by atoms with van der Waals surface area (Å²) in [4.78, 5) is 12.7. The van der Waals surface area contributed by atoms with E-state index in [0.29, 0.717) is 11.6 Å². The van der Waals surface area contributed by atoms with Crippen LogP contribution in [0.25, 0.3) is 5.69 Å². The van der Waals surface area contributed by atoms with Crippen molar-refractivity contribution in [3.8, 4) is 5.69 Å². The van der Waals surface area contributed by atoms with Gasteiger partial charge in [-0.3, -0.25) is 10.1 Å². The molecule has 1 amide bonds. The van der Waals surface area contributed by atoms with Gasteiger partial charge in [0.15, 0.2) is 5.11 Å². The number of rotatable bonds is 4. The lowest BCUT2D eigenvalue weighted by Gasteiger charge is -2.22. The Bertz CT molecular complexity index is 976. The van der Waals surface area contributed by atoms with Crippen molar-refractivity contribution < 1.29 is 4.79 Å². The molecule has 0 aliphatic heterocycles. The number of para-hydroxylation sites is 1. The number of benzene rings is 2. The normalized spacial score (nSPS) is 14.3. The van der Waals surface area contributed by atoms with Crippen molar-refractivity contribution in [3.05, 3.63) is 78.1 Å². The van der Waals surface area contributed by atoms with E-state index in [0.717, 1.165) is 11.4 Å². The van der Waals surface area contributed by atoms with Crippen LogP contribution in [0.4, 0.5) is 5.69 Å². The van der Waals surface area contributed by atoms with Crippen LogP contribution in [-0.2, 0) is 0 Å². The van der Waals surface area contributed by atoms with Crippen LogP contribution < -0.4 is 10.6 Å². The predicted octanol–water partition coefficient (Wildman–Crippen LogP) is 5.05. The van der Waals surface area contributed by atoms with Crippen molar-refractivity contribution in [3.63, 3.8) is 0 Å². The van der Waals surface area contributed by atoms with E-state index < -0.39 is 0 Å². The van der Waals surface area contributed by atoms with E-state index in [1.165, 1.54) is 37.7 Å². The molecule has 148 valence electrons. The zero-order chi connectivity index (χ0) is 20.1. The SMILES string of the molecule is O=C(NC(=S)Nc1ccc(C2CCCCC2)cc1)c1ccnn1-c1ccccc1. The van der Waals surface area contributed by atoms with E-state index >= 15 is 0 Å². The first-order valence-corrected chi connectivity index (χ1v) is 10.4. The van der Waals surface area contributed by atoms with Crippen molar-refractivity contribution >= 4 is 28.9 Å². The summed E-state index contributed by atoms with van der Waals surface area (Å²) >= 11 is 5.33. The molecule has 0 atom stereocenters. The molecule has 5 nitrogen and oxygen atoms in total. The van der Waals surface area contributed by atoms with Crippen LogP contribution in [0.3, 0.4) is 0 Å². The Labute approximate surface area is 176 Å². The van der Waals surface area contributed by atoms with E-state index in [1.54, 1.807) is 16.9 Å². The second-order valence-corrected chi connectivity index (χ2v) is 7.74. The summed E-state index contributed by atoms with van der Waals surface area (Å²) in [6, 6.07) is 19.6. The number of hydrogen-bond donors (Lipinski definition) is 2. The van der Waals surface area contributed by atoms with Gasteiger partial charge in [0, 0.05) is 5.69 Å². The molecule has 1 aliphatic rings. The molecule has 2 aromatic carbocycles. The molecule has 0 radical (unpaired) electrons. The molecule has 0 saturated heterocycles. The average molecular weight is 405 g/mol. The first kappa shape index (κ1) is 19.3. The average Bonchev–Trinajstić information content (AvgIpc) is 3.26. The first-order chi connectivity index (χ1) is 14.2. The molecule has 3 aromatic rings. The molecule has 0 bridgehead atoms. The fourth-order valence-electron chi connectivity index (χ4n) is 3.85. The summed E-state index contributed by atoms with van der Waals surface area (Å²) in [6.45, 7) is 0. The number of carbonyl (C=O) groups excluding carboxylic acids is 1. The molecule has 1 aliphatic carbocycles. The topological polar surface area (TPSA) is 59.0 Å². The molecule has 29 heavy (non-hydrogen) atoms. The summed E-state index contributed by atoms with van der Waals surface area (Å²) in [5, 5.41) is 10.3. The number of anilines is 1. The Hall–Kier alpha value is -2.99. The highest BCUT2D eigenvalue weighted by Gasteiger charge is 2.16.